The van der Waals surface area contributed by atoms with E-state index in [1.807, 2.05) is 0 Å². The Morgan fingerprint density at radius 2 is 2.33 bits per heavy atom. The summed E-state index contributed by atoms with van der Waals surface area (Å²) in [5.41, 5.74) is 0. The maximum atomic E-state index is 2.57. The molecular formula is C11H20N+. The van der Waals surface area contributed by atoms with E-state index in [-0.39, 0.29) is 0 Å². The maximum Gasteiger partial charge on any atom is 0.145 e. The lowest BCUT2D eigenvalue weighted by Crippen LogP contribution is -2.34. The summed E-state index contributed by atoms with van der Waals surface area (Å²) in [4.78, 5) is 0. The molecule has 2 unspecified atom stereocenters. The Balaban J connectivity index is 2.01. The topological polar surface area (TPSA) is 3.01 Å². The first-order valence-corrected chi connectivity index (χ1v) is 5.47. The van der Waals surface area contributed by atoms with Gasteiger partial charge in [-0.2, -0.15) is 0 Å². The van der Waals surface area contributed by atoms with E-state index >= 15 is 0 Å². The average molecular weight is 166 g/mol. The molecule has 1 aliphatic carbocycles. The van der Waals surface area contributed by atoms with E-state index in [9.17, 15) is 0 Å². The number of nitrogens with zero attached hydrogens (tertiary/aromatic N) is 1. The van der Waals surface area contributed by atoms with Crippen molar-refractivity contribution in [1.29, 1.82) is 0 Å². The lowest BCUT2D eigenvalue weighted by atomic mass is 9.80. The van der Waals surface area contributed by atoms with Crippen LogP contribution in [-0.2, 0) is 0 Å². The van der Waals surface area contributed by atoms with Gasteiger partial charge in [-0.25, -0.2) is 4.58 Å². The first-order chi connectivity index (χ1) is 5.88. The summed E-state index contributed by atoms with van der Waals surface area (Å²) in [5, 5.41) is 0. The highest BCUT2D eigenvalue weighted by Gasteiger charge is 2.30. The van der Waals surface area contributed by atoms with Crippen molar-refractivity contribution in [2.75, 3.05) is 13.1 Å². The van der Waals surface area contributed by atoms with E-state index in [4.69, 9.17) is 0 Å². The van der Waals surface area contributed by atoms with Crippen molar-refractivity contribution in [2.45, 2.75) is 39.0 Å². The SMILES string of the molecule is CCC[N+]1=CC2CCCC(C2)C1. The van der Waals surface area contributed by atoms with Crippen molar-refractivity contribution in [1.82, 2.24) is 0 Å². The fraction of sp³-hybridized carbons (Fsp3) is 0.909. The highest BCUT2D eigenvalue weighted by atomic mass is 15.0. The summed E-state index contributed by atoms with van der Waals surface area (Å²) >= 11 is 0. The van der Waals surface area contributed by atoms with Crippen molar-refractivity contribution in [2.24, 2.45) is 11.8 Å². The minimum Gasteiger partial charge on any atom is -0.239 e. The van der Waals surface area contributed by atoms with Gasteiger partial charge in [-0.15, -0.1) is 0 Å². The van der Waals surface area contributed by atoms with Crippen LogP contribution in [0.2, 0.25) is 0 Å². The predicted octanol–water partition coefficient (Wildman–Crippen LogP) is 2.30. The molecule has 1 heteroatoms. The largest absolute Gasteiger partial charge is 0.239 e. The molecule has 0 aromatic carbocycles. The van der Waals surface area contributed by atoms with Gasteiger partial charge in [0.15, 0.2) is 0 Å². The number of rotatable bonds is 2. The van der Waals surface area contributed by atoms with Crippen LogP contribution in [0.1, 0.15) is 39.0 Å². The Hall–Kier alpha value is -0.330. The van der Waals surface area contributed by atoms with Gasteiger partial charge < -0.3 is 0 Å². The molecule has 68 valence electrons. The molecule has 0 spiro atoms. The molecule has 1 aliphatic heterocycles. The van der Waals surface area contributed by atoms with Crippen LogP contribution in [-0.4, -0.2) is 23.9 Å². The summed E-state index contributed by atoms with van der Waals surface area (Å²) in [6.45, 7) is 4.91. The maximum absolute atomic E-state index is 2.57. The number of hydrogen-bond acceptors (Lipinski definition) is 0. The Morgan fingerprint density at radius 1 is 1.42 bits per heavy atom. The zero-order valence-corrected chi connectivity index (χ0v) is 8.13. The van der Waals surface area contributed by atoms with Crippen LogP contribution in [0.3, 0.4) is 0 Å². The van der Waals surface area contributed by atoms with Crippen molar-refractivity contribution in [3.8, 4) is 0 Å². The molecule has 0 aromatic rings. The summed E-state index contributed by atoms with van der Waals surface area (Å²) in [6, 6.07) is 0. The molecule has 0 radical (unpaired) electrons. The molecule has 2 atom stereocenters. The van der Waals surface area contributed by atoms with Crippen LogP contribution < -0.4 is 0 Å². The molecular weight excluding hydrogens is 146 g/mol. The molecule has 2 bridgehead atoms. The Bertz CT molecular complexity index is 183. The van der Waals surface area contributed by atoms with Crippen molar-refractivity contribution >= 4 is 6.21 Å². The molecule has 1 saturated carbocycles. The molecule has 1 heterocycles. The Kier molecular flexibility index (Phi) is 2.48. The molecule has 0 N–H and O–H groups in total. The number of hydrogen-bond donors (Lipinski definition) is 0. The zero-order valence-electron chi connectivity index (χ0n) is 8.13. The second-order valence-corrected chi connectivity index (χ2v) is 4.44. The molecule has 0 amide bonds. The van der Waals surface area contributed by atoms with Gasteiger partial charge in [0.2, 0.25) is 0 Å². The minimum absolute atomic E-state index is 0.934. The standard InChI is InChI=1S/C11H20N/c1-2-6-12-8-10-4-3-5-11(7-10)9-12/h8,10-11H,2-7,9H2,1H3/q+1. The fourth-order valence-corrected chi connectivity index (χ4v) is 2.78. The normalized spacial score (nSPS) is 34.6. The molecule has 0 saturated heterocycles. The third kappa shape index (κ3) is 1.70. The first-order valence-electron chi connectivity index (χ1n) is 5.47. The third-order valence-electron chi connectivity index (χ3n) is 3.25. The van der Waals surface area contributed by atoms with Crippen LogP contribution >= 0.6 is 0 Å². The van der Waals surface area contributed by atoms with Gasteiger partial charge in [0.05, 0.1) is 0 Å². The summed E-state index contributed by atoms with van der Waals surface area (Å²) in [7, 11) is 0. The zero-order chi connectivity index (χ0) is 8.39. The Morgan fingerprint density at radius 3 is 3.08 bits per heavy atom. The highest BCUT2D eigenvalue weighted by Crippen LogP contribution is 2.30. The number of fused-ring (bicyclic) bond motifs is 2. The smallest absolute Gasteiger partial charge is 0.145 e. The first kappa shape index (κ1) is 8.28. The third-order valence-corrected chi connectivity index (χ3v) is 3.25. The van der Waals surface area contributed by atoms with E-state index < -0.39 is 0 Å². The van der Waals surface area contributed by atoms with E-state index in [1.165, 1.54) is 45.2 Å². The van der Waals surface area contributed by atoms with Gasteiger partial charge in [0, 0.05) is 18.3 Å². The molecule has 12 heavy (non-hydrogen) atoms. The van der Waals surface area contributed by atoms with E-state index in [2.05, 4.69) is 17.7 Å². The van der Waals surface area contributed by atoms with Gasteiger partial charge >= 0.3 is 0 Å². The molecule has 1 nitrogen and oxygen atoms in total. The molecule has 2 aliphatic rings. The van der Waals surface area contributed by atoms with Crippen LogP contribution in [0.15, 0.2) is 0 Å². The Labute approximate surface area is 75.5 Å². The second kappa shape index (κ2) is 3.59. The van der Waals surface area contributed by atoms with E-state index in [0.29, 0.717) is 0 Å². The lowest BCUT2D eigenvalue weighted by molar-refractivity contribution is -0.539. The second-order valence-electron chi connectivity index (χ2n) is 4.44. The average Bonchev–Trinajstić information content (AvgIpc) is 2.04. The van der Waals surface area contributed by atoms with Crippen molar-refractivity contribution in [3.05, 3.63) is 0 Å². The monoisotopic (exact) mass is 166 g/mol. The molecule has 1 fully saturated rings. The molecule has 0 aromatic heterocycles. The van der Waals surface area contributed by atoms with E-state index in [1.54, 1.807) is 0 Å². The molecule has 2 rings (SSSR count). The van der Waals surface area contributed by atoms with E-state index in [0.717, 1.165) is 11.8 Å². The van der Waals surface area contributed by atoms with Gasteiger partial charge in [-0.3, -0.25) is 0 Å². The van der Waals surface area contributed by atoms with Crippen molar-refractivity contribution in [3.63, 3.8) is 0 Å². The van der Waals surface area contributed by atoms with Crippen LogP contribution in [0, 0.1) is 11.8 Å². The van der Waals surface area contributed by atoms with Crippen LogP contribution in [0.5, 0.6) is 0 Å². The lowest BCUT2D eigenvalue weighted by Gasteiger charge is -2.29. The van der Waals surface area contributed by atoms with Gasteiger partial charge in [0.25, 0.3) is 0 Å². The fourth-order valence-electron chi connectivity index (χ4n) is 2.78. The quantitative estimate of drug-likeness (QED) is 0.554. The van der Waals surface area contributed by atoms with Gasteiger partial charge in [-0.1, -0.05) is 13.3 Å². The summed E-state index contributed by atoms with van der Waals surface area (Å²) < 4.78 is 2.57. The van der Waals surface area contributed by atoms with Gasteiger partial charge in [-0.05, 0) is 19.3 Å². The highest BCUT2D eigenvalue weighted by molar-refractivity contribution is 5.56. The summed E-state index contributed by atoms with van der Waals surface area (Å²) in [6.07, 6.45) is 9.72. The minimum atomic E-state index is 0.934. The van der Waals surface area contributed by atoms with Crippen LogP contribution in [0.4, 0.5) is 0 Å². The van der Waals surface area contributed by atoms with Crippen LogP contribution in [0.25, 0.3) is 0 Å². The summed E-state index contributed by atoms with van der Waals surface area (Å²) in [5.74, 6) is 1.96. The predicted molar refractivity (Wildman–Crippen MR) is 51.8 cm³/mol. The van der Waals surface area contributed by atoms with Crippen molar-refractivity contribution < 1.29 is 4.58 Å². The van der Waals surface area contributed by atoms with Gasteiger partial charge in [0.1, 0.15) is 19.3 Å².